The quantitative estimate of drug-likeness (QED) is 0.909. The van der Waals surface area contributed by atoms with E-state index in [2.05, 4.69) is 4.98 Å². The van der Waals surface area contributed by atoms with Gasteiger partial charge in [-0.3, -0.25) is 9.78 Å². The minimum absolute atomic E-state index is 0.0522. The summed E-state index contributed by atoms with van der Waals surface area (Å²) in [5.74, 6) is 0.0522. The smallest absolute Gasteiger partial charge is 0.241 e. The van der Waals surface area contributed by atoms with Gasteiger partial charge in [-0.1, -0.05) is 18.2 Å². The molecule has 0 aliphatic carbocycles. The van der Waals surface area contributed by atoms with Crippen molar-refractivity contribution in [2.75, 3.05) is 32.6 Å². The van der Waals surface area contributed by atoms with Gasteiger partial charge in [0.05, 0.1) is 17.7 Å². The van der Waals surface area contributed by atoms with E-state index in [1.165, 1.54) is 0 Å². The summed E-state index contributed by atoms with van der Waals surface area (Å²) in [5.41, 5.74) is 8.64. The van der Waals surface area contributed by atoms with E-state index in [0.717, 1.165) is 22.2 Å². The first kappa shape index (κ1) is 14.3. The standard InChI is InChI=1S/C15H20N4O/c1-18(2)14(20)10-19(3)15-11(8-16)9-17-13-7-5-4-6-12(13)15/h4-7,9H,8,10,16H2,1-3H3. The van der Waals surface area contributed by atoms with Crippen LogP contribution in [0.25, 0.3) is 10.9 Å². The zero-order valence-corrected chi connectivity index (χ0v) is 12.1. The van der Waals surface area contributed by atoms with E-state index in [1.54, 1.807) is 25.2 Å². The maximum atomic E-state index is 11.9. The summed E-state index contributed by atoms with van der Waals surface area (Å²) >= 11 is 0. The molecular formula is C15H20N4O. The number of nitrogens with two attached hydrogens (primary N) is 1. The summed E-state index contributed by atoms with van der Waals surface area (Å²) in [7, 11) is 5.41. The predicted molar refractivity (Wildman–Crippen MR) is 81.6 cm³/mol. The zero-order valence-electron chi connectivity index (χ0n) is 12.1. The summed E-state index contributed by atoms with van der Waals surface area (Å²) in [6, 6.07) is 7.88. The van der Waals surface area contributed by atoms with Crippen molar-refractivity contribution in [3.8, 4) is 0 Å². The molecule has 1 aromatic carbocycles. The highest BCUT2D eigenvalue weighted by atomic mass is 16.2. The number of hydrogen-bond acceptors (Lipinski definition) is 4. The van der Waals surface area contributed by atoms with E-state index in [4.69, 9.17) is 5.73 Å². The number of fused-ring (bicyclic) bond motifs is 1. The SMILES string of the molecule is CN(C)C(=O)CN(C)c1c(CN)cnc2ccccc12. The number of aromatic nitrogens is 1. The summed E-state index contributed by atoms with van der Waals surface area (Å²) in [6.45, 7) is 0.710. The molecule has 20 heavy (non-hydrogen) atoms. The van der Waals surface area contributed by atoms with Crippen molar-refractivity contribution >= 4 is 22.5 Å². The van der Waals surface area contributed by atoms with E-state index in [0.29, 0.717) is 13.1 Å². The Kier molecular flexibility index (Phi) is 4.20. The Labute approximate surface area is 119 Å². The number of para-hydroxylation sites is 1. The molecule has 0 unspecified atom stereocenters. The van der Waals surface area contributed by atoms with Crippen molar-refractivity contribution in [1.82, 2.24) is 9.88 Å². The fourth-order valence-electron chi connectivity index (χ4n) is 2.19. The highest BCUT2D eigenvalue weighted by molar-refractivity contribution is 5.95. The number of pyridine rings is 1. The number of hydrogen-bond donors (Lipinski definition) is 1. The molecule has 0 aliphatic heterocycles. The number of nitrogens with zero attached hydrogens (tertiary/aromatic N) is 3. The third-order valence-electron chi connectivity index (χ3n) is 3.30. The molecule has 1 aromatic heterocycles. The zero-order chi connectivity index (χ0) is 14.7. The lowest BCUT2D eigenvalue weighted by Gasteiger charge is -2.24. The van der Waals surface area contributed by atoms with Gasteiger partial charge in [0.25, 0.3) is 0 Å². The average Bonchev–Trinajstić information content (AvgIpc) is 2.45. The van der Waals surface area contributed by atoms with E-state index in [9.17, 15) is 4.79 Å². The first-order valence-electron chi connectivity index (χ1n) is 6.52. The molecular weight excluding hydrogens is 252 g/mol. The summed E-state index contributed by atoms with van der Waals surface area (Å²) < 4.78 is 0. The topological polar surface area (TPSA) is 62.5 Å². The number of carbonyl (C=O) groups excluding carboxylic acids is 1. The fraction of sp³-hybridized carbons (Fsp3) is 0.333. The molecule has 0 fully saturated rings. The summed E-state index contributed by atoms with van der Waals surface area (Å²) in [4.78, 5) is 19.8. The van der Waals surface area contributed by atoms with Crippen molar-refractivity contribution in [1.29, 1.82) is 0 Å². The second-order valence-corrected chi connectivity index (χ2v) is 5.00. The normalized spacial score (nSPS) is 10.6. The van der Waals surface area contributed by atoms with Crippen LogP contribution < -0.4 is 10.6 Å². The van der Waals surface area contributed by atoms with Crippen molar-refractivity contribution in [3.05, 3.63) is 36.0 Å². The van der Waals surface area contributed by atoms with Gasteiger partial charge >= 0.3 is 0 Å². The van der Waals surface area contributed by atoms with Crippen molar-refractivity contribution in [2.45, 2.75) is 6.54 Å². The molecule has 1 heterocycles. The maximum Gasteiger partial charge on any atom is 0.241 e. The molecule has 0 saturated carbocycles. The molecule has 0 aliphatic rings. The predicted octanol–water partition coefficient (Wildman–Crippen LogP) is 1.22. The second-order valence-electron chi connectivity index (χ2n) is 5.00. The highest BCUT2D eigenvalue weighted by Crippen LogP contribution is 2.28. The molecule has 2 aromatic rings. The van der Waals surface area contributed by atoms with Crippen molar-refractivity contribution in [3.63, 3.8) is 0 Å². The van der Waals surface area contributed by atoms with Gasteiger partial charge < -0.3 is 15.5 Å². The highest BCUT2D eigenvalue weighted by Gasteiger charge is 2.15. The molecule has 0 saturated heterocycles. The average molecular weight is 272 g/mol. The third-order valence-corrected chi connectivity index (χ3v) is 3.30. The fourth-order valence-corrected chi connectivity index (χ4v) is 2.19. The molecule has 0 spiro atoms. The van der Waals surface area contributed by atoms with Gasteiger partial charge in [0.1, 0.15) is 0 Å². The Morgan fingerprint density at radius 1 is 1.25 bits per heavy atom. The van der Waals surface area contributed by atoms with Crippen LogP contribution in [0.15, 0.2) is 30.5 Å². The van der Waals surface area contributed by atoms with E-state index in [1.807, 2.05) is 36.2 Å². The molecule has 2 rings (SSSR count). The Morgan fingerprint density at radius 3 is 2.60 bits per heavy atom. The molecule has 1 amide bonds. The molecule has 0 bridgehead atoms. The number of likely N-dealkylation sites (N-methyl/N-ethyl adjacent to an activating group) is 2. The van der Waals surface area contributed by atoms with Crippen LogP contribution in [-0.4, -0.2) is 43.5 Å². The monoisotopic (exact) mass is 272 g/mol. The van der Waals surface area contributed by atoms with Gasteiger partial charge in [-0.15, -0.1) is 0 Å². The Hall–Kier alpha value is -2.14. The lowest BCUT2D eigenvalue weighted by molar-refractivity contribution is -0.127. The van der Waals surface area contributed by atoms with Crippen molar-refractivity contribution in [2.24, 2.45) is 5.73 Å². The van der Waals surface area contributed by atoms with Gasteiger partial charge in [0.15, 0.2) is 0 Å². The van der Waals surface area contributed by atoms with Gasteiger partial charge in [-0.05, 0) is 6.07 Å². The Balaban J connectivity index is 2.47. The largest absolute Gasteiger partial charge is 0.364 e. The lowest BCUT2D eigenvalue weighted by atomic mass is 10.1. The molecule has 5 heteroatoms. The van der Waals surface area contributed by atoms with E-state index < -0.39 is 0 Å². The number of carbonyl (C=O) groups is 1. The minimum Gasteiger partial charge on any atom is -0.364 e. The van der Waals surface area contributed by atoms with Crippen molar-refractivity contribution < 1.29 is 4.79 Å². The van der Waals surface area contributed by atoms with Gasteiger partial charge in [0, 0.05) is 44.8 Å². The summed E-state index contributed by atoms with van der Waals surface area (Å²) in [6.07, 6.45) is 1.79. The first-order chi connectivity index (χ1) is 9.54. The number of amides is 1. The minimum atomic E-state index is 0.0522. The Bertz CT molecular complexity index is 624. The molecule has 5 nitrogen and oxygen atoms in total. The van der Waals surface area contributed by atoms with Crippen LogP contribution in [0.4, 0.5) is 5.69 Å². The van der Waals surface area contributed by atoms with Gasteiger partial charge in [0.2, 0.25) is 5.91 Å². The van der Waals surface area contributed by atoms with Gasteiger partial charge in [-0.2, -0.15) is 0 Å². The van der Waals surface area contributed by atoms with E-state index in [-0.39, 0.29) is 5.91 Å². The molecule has 2 N–H and O–H groups in total. The van der Waals surface area contributed by atoms with Gasteiger partial charge in [-0.25, -0.2) is 0 Å². The second kappa shape index (κ2) is 5.88. The maximum absolute atomic E-state index is 11.9. The van der Waals surface area contributed by atoms with Crippen LogP contribution in [0.5, 0.6) is 0 Å². The van der Waals surface area contributed by atoms with Crippen LogP contribution in [0, 0.1) is 0 Å². The van der Waals surface area contributed by atoms with Crippen LogP contribution >= 0.6 is 0 Å². The van der Waals surface area contributed by atoms with Crippen LogP contribution in [-0.2, 0) is 11.3 Å². The molecule has 0 radical (unpaired) electrons. The molecule has 0 atom stereocenters. The first-order valence-corrected chi connectivity index (χ1v) is 6.52. The van der Waals surface area contributed by atoms with Crippen LogP contribution in [0.2, 0.25) is 0 Å². The lowest BCUT2D eigenvalue weighted by Crippen LogP contribution is -2.35. The summed E-state index contributed by atoms with van der Waals surface area (Å²) in [5, 5.41) is 1.02. The van der Waals surface area contributed by atoms with E-state index >= 15 is 0 Å². The van der Waals surface area contributed by atoms with Crippen LogP contribution in [0.1, 0.15) is 5.56 Å². The van der Waals surface area contributed by atoms with Crippen LogP contribution in [0.3, 0.4) is 0 Å². The third kappa shape index (κ3) is 2.72. The number of benzene rings is 1. The number of rotatable bonds is 4. The Morgan fingerprint density at radius 2 is 1.95 bits per heavy atom. The molecule has 106 valence electrons. The number of anilines is 1.